The van der Waals surface area contributed by atoms with Crippen LogP contribution in [0.2, 0.25) is 10.0 Å². The third kappa shape index (κ3) is 3.48. The van der Waals surface area contributed by atoms with Crippen LogP contribution >= 0.6 is 55.1 Å². The number of rotatable bonds is 3. The zero-order chi connectivity index (χ0) is 14.9. The summed E-state index contributed by atoms with van der Waals surface area (Å²) in [6, 6.07) is 8.27. The average Bonchev–Trinajstić information content (AvgIpc) is 2.39. The van der Waals surface area contributed by atoms with E-state index in [1.165, 1.54) is 12.1 Å². The van der Waals surface area contributed by atoms with Crippen molar-refractivity contribution >= 4 is 60.7 Å². The molecule has 0 radical (unpaired) electrons. The van der Waals surface area contributed by atoms with Gasteiger partial charge in [-0.1, -0.05) is 39.1 Å². The highest BCUT2D eigenvalue weighted by molar-refractivity contribution is 9.11. The Morgan fingerprint density at radius 2 is 1.85 bits per heavy atom. The molecule has 1 N–H and O–H groups in total. The van der Waals surface area contributed by atoms with Crippen LogP contribution in [0.15, 0.2) is 39.3 Å². The maximum Gasteiger partial charge on any atom is 0.142 e. The van der Waals surface area contributed by atoms with Crippen molar-refractivity contribution in [3.8, 4) is 0 Å². The maximum atomic E-state index is 13.6. The van der Waals surface area contributed by atoms with Gasteiger partial charge in [0, 0.05) is 19.5 Å². The van der Waals surface area contributed by atoms with Gasteiger partial charge in [0.2, 0.25) is 0 Å². The van der Waals surface area contributed by atoms with E-state index in [0.29, 0.717) is 10.6 Å². The number of hydrogen-bond acceptors (Lipinski definition) is 1. The van der Waals surface area contributed by atoms with Crippen LogP contribution in [-0.2, 0) is 0 Å². The summed E-state index contributed by atoms with van der Waals surface area (Å²) >= 11 is 19.0. The minimum absolute atomic E-state index is 0.0450. The van der Waals surface area contributed by atoms with Gasteiger partial charge in [-0.25, -0.2) is 4.39 Å². The van der Waals surface area contributed by atoms with Gasteiger partial charge in [-0.3, -0.25) is 0 Å². The molecule has 0 bridgehead atoms. The van der Waals surface area contributed by atoms with Crippen molar-refractivity contribution in [1.29, 1.82) is 0 Å². The average molecular weight is 442 g/mol. The van der Waals surface area contributed by atoms with E-state index in [1.807, 2.05) is 25.1 Å². The quantitative estimate of drug-likeness (QED) is 0.514. The number of halogens is 5. The number of hydrogen-bond donors (Lipinski definition) is 1. The van der Waals surface area contributed by atoms with Gasteiger partial charge in [0.05, 0.1) is 16.8 Å². The summed E-state index contributed by atoms with van der Waals surface area (Å²) in [5, 5.41) is 3.74. The molecule has 20 heavy (non-hydrogen) atoms. The minimum Gasteiger partial charge on any atom is -0.377 e. The molecule has 0 aliphatic rings. The molecule has 6 heteroatoms. The largest absolute Gasteiger partial charge is 0.377 e. The standard InChI is InChI=1S/C14H10Br2Cl2FN/c1-7(13-10(17)4-5-11(19)14(13)18)20-12-6-8(15)2-3-9(12)16/h2-7,20H,1H3. The van der Waals surface area contributed by atoms with E-state index < -0.39 is 5.82 Å². The van der Waals surface area contributed by atoms with Gasteiger partial charge in [0.1, 0.15) is 5.82 Å². The zero-order valence-electron chi connectivity index (χ0n) is 10.4. The number of anilines is 1. The molecule has 2 rings (SSSR count). The maximum absolute atomic E-state index is 13.6. The van der Waals surface area contributed by atoms with E-state index in [4.69, 9.17) is 23.2 Å². The predicted molar refractivity (Wildman–Crippen MR) is 90.3 cm³/mol. The first-order valence-electron chi connectivity index (χ1n) is 5.75. The molecule has 106 valence electrons. The van der Waals surface area contributed by atoms with Gasteiger partial charge in [0.15, 0.2) is 0 Å². The Balaban J connectivity index is 2.35. The SMILES string of the molecule is CC(Nc1cc(Br)ccc1Br)c1c(Cl)ccc(F)c1Cl. The Morgan fingerprint density at radius 1 is 1.15 bits per heavy atom. The lowest BCUT2D eigenvalue weighted by atomic mass is 10.1. The monoisotopic (exact) mass is 439 g/mol. The Kier molecular flexibility index (Phi) is 5.35. The normalized spacial score (nSPS) is 12.3. The molecule has 0 spiro atoms. The molecule has 0 heterocycles. The third-order valence-electron chi connectivity index (χ3n) is 2.81. The van der Waals surface area contributed by atoms with Crippen LogP contribution in [0.4, 0.5) is 10.1 Å². The smallest absolute Gasteiger partial charge is 0.142 e. The molecule has 2 aromatic rings. The molecule has 0 amide bonds. The van der Waals surface area contributed by atoms with Crippen molar-refractivity contribution in [3.63, 3.8) is 0 Å². The van der Waals surface area contributed by atoms with Crippen molar-refractivity contribution in [2.75, 3.05) is 5.32 Å². The predicted octanol–water partition coefficient (Wildman–Crippen LogP) is 6.83. The fraction of sp³-hybridized carbons (Fsp3) is 0.143. The van der Waals surface area contributed by atoms with E-state index in [-0.39, 0.29) is 11.1 Å². The fourth-order valence-corrected chi connectivity index (χ4v) is 3.27. The summed E-state index contributed by atoms with van der Waals surface area (Å²) in [7, 11) is 0. The lowest BCUT2D eigenvalue weighted by molar-refractivity contribution is 0.624. The van der Waals surface area contributed by atoms with E-state index in [0.717, 1.165) is 14.6 Å². The Labute approximate surface area is 143 Å². The topological polar surface area (TPSA) is 12.0 Å². The van der Waals surface area contributed by atoms with Crippen molar-refractivity contribution in [2.45, 2.75) is 13.0 Å². The van der Waals surface area contributed by atoms with Crippen LogP contribution in [0.3, 0.4) is 0 Å². The molecule has 0 aliphatic carbocycles. The fourth-order valence-electron chi connectivity index (χ4n) is 1.85. The van der Waals surface area contributed by atoms with Crippen LogP contribution in [0.5, 0.6) is 0 Å². The van der Waals surface area contributed by atoms with Gasteiger partial charge < -0.3 is 5.32 Å². The summed E-state index contributed by atoms with van der Waals surface area (Å²) in [6.45, 7) is 1.87. The first-order chi connectivity index (χ1) is 9.40. The summed E-state index contributed by atoms with van der Waals surface area (Å²) in [6.07, 6.45) is 0. The first kappa shape index (κ1) is 16.1. The van der Waals surface area contributed by atoms with Crippen LogP contribution in [-0.4, -0.2) is 0 Å². The number of nitrogens with one attached hydrogen (secondary N) is 1. The highest BCUT2D eigenvalue weighted by Gasteiger charge is 2.17. The van der Waals surface area contributed by atoms with Crippen molar-refractivity contribution in [1.82, 2.24) is 0 Å². The minimum atomic E-state index is -0.479. The Morgan fingerprint density at radius 3 is 2.55 bits per heavy atom. The van der Waals surface area contributed by atoms with Gasteiger partial charge >= 0.3 is 0 Å². The van der Waals surface area contributed by atoms with Crippen LogP contribution < -0.4 is 5.32 Å². The molecular formula is C14H10Br2Cl2FN. The molecule has 0 aliphatic heterocycles. The summed E-state index contributed by atoms with van der Waals surface area (Å²) in [5.74, 6) is -0.479. The second-order valence-corrected chi connectivity index (χ2v) is 6.80. The summed E-state index contributed by atoms with van der Waals surface area (Å²) in [5.41, 5.74) is 1.41. The second kappa shape index (κ2) is 6.65. The molecule has 1 atom stereocenters. The molecule has 0 fully saturated rings. The van der Waals surface area contributed by atoms with E-state index in [2.05, 4.69) is 37.2 Å². The van der Waals surface area contributed by atoms with Crippen LogP contribution in [0.1, 0.15) is 18.5 Å². The van der Waals surface area contributed by atoms with Crippen molar-refractivity contribution in [3.05, 3.63) is 60.7 Å². The second-order valence-electron chi connectivity index (χ2n) is 4.25. The molecule has 0 saturated carbocycles. The zero-order valence-corrected chi connectivity index (χ0v) is 15.0. The van der Waals surface area contributed by atoms with Gasteiger partial charge in [-0.2, -0.15) is 0 Å². The molecule has 1 nitrogen and oxygen atoms in total. The number of benzene rings is 2. The molecule has 2 aromatic carbocycles. The molecule has 1 unspecified atom stereocenters. The first-order valence-corrected chi connectivity index (χ1v) is 8.09. The lowest BCUT2D eigenvalue weighted by Crippen LogP contribution is -2.09. The summed E-state index contributed by atoms with van der Waals surface area (Å²) in [4.78, 5) is 0. The molecule has 0 saturated heterocycles. The third-order valence-corrected chi connectivity index (χ3v) is 4.71. The highest BCUT2D eigenvalue weighted by Crippen LogP contribution is 2.36. The van der Waals surface area contributed by atoms with Crippen LogP contribution in [0, 0.1) is 5.82 Å². The van der Waals surface area contributed by atoms with Gasteiger partial charge in [-0.15, -0.1) is 0 Å². The Bertz CT molecular complexity index is 649. The highest BCUT2D eigenvalue weighted by atomic mass is 79.9. The lowest BCUT2D eigenvalue weighted by Gasteiger charge is -2.19. The van der Waals surface area contributed by atoms with Crippen molar-refractivity contribution in [2.24, 2.45) is 0 Å². The van der Waals surface area contributed by atoms with E-state index in [1.54, 1.807) is 0 Å². The van der Waals surface area contributed by atoms with Crippen LogP contribution in [0.25, 0.3) is 0 Å². The van der Waals surface area contributed by atoms with E-state index >= 15 is 0 Å². The molecule has 0 aromatic heterocycles. The molecular weight excluding hydrogens is 432 g/mol. The van der Waals surface area contributed by atoms with E-state index in [9.17, 15) is 4.39 Å². The Hall–Kier alpha value is -0.290. The van der Waals surface area contributed by atoms with Gasteiger partial charge in [-0.05, 0) is 53.2 Å². The van der Waals surface area contributed by atoms with Gasteiger partial charge in [0.25, 0.3) is 0 Å². The summed E-state index contributed by atoms with van der Waals surface area (Å²) < 4.78 is 15.4. The van der Waals surface area contributed by atoms with Crippen molar-refractivity contribution < 1.29 is 4.39 Å².